The number of fused-ring (bicyclic) bond motifs is 5. The van der Waals surface area contributed by atoms with E-state index in [-0.39, 0.29) is 5.41 Å². The normalized spacial score (nSPS) is 26.5. The monoisotopic (exact) mass is 525 g/mol. The Bertz CT molecular complexity index is 1980. The molecular formula is C38H41N2+. The van der Waals surface area contributed by atoms with Crippen LogP contribution in [0.5, 0.6) is 0 Å². The summed E-state index contributed by atoms with van der Waals surface area (Å²) >= 11 is 0. The minimum Gasteiger partial charge on any atom is -0.307 e. The summed E-state index contributed by atoms with van der Waals surface area (Å²) in [5, 5.41) is 7.06. The molecule has 10 rings (SSSR count). The van der Waals surface area contributed by atoms with E-state index in [2.05, 4.69) is 98.4 Å². The zero-order valence-corrected chi connectivity index (χ0v) is 24.8. The maximum Gasteiger partial charge on any atom is 0.224 e. The predicted molar refractivity (Wildman–Crippen MR) is 168 cm³/mol. The molecule has 0 amide bonds. The third-order valence-electron chi connectivity index (χ3n) is 11.3. The Morgan fingerprint density at radius 1 is 0.825 bits per heavy atom. The topological polar surface area (TPSA) is 8.29 Å². The third-order valence-corrected chi connectivity index (χ3v) is 11.3. The molecule has 2 nitrogen and oxygen atoms in total. The number of hydrogen-bond donors (Lipinski definition) is 0. The van der Waals surface area contributed by atoms with Crippen molar-refractivity contribution in [2.75, 3.05) is 0 Å². The number of rotatable bonds is 2. The van der Waals surface area contributed by atoms with E-state index in [1.54, 1.807) is 5.56 Å². The second-order valence-corrected chi connectivity index (χ2v) is 15.5. The SMILES string of the molecule is Cc1ccc2c3cc(CC(C)(C)C)ccc3n3c4cc(C56CC7CC(CC(C7)C5)C6)cc5cc[n+](C)c(c1c23)c54. The van der Waals surface area contributed by atoms with Gasteiger partial charge in [-0.05, 0) is 127 Å². The van der Waals surface area contributed by atoms with Gasteiger partial charge in [-0.15, -0.1) is 0 Å². The van der Waals surface area contributed by atoms with Crippen molar-refractivity contribution in [2.24, 2.45) is 30.2 Å². The van der Waals surface area contributed by atoms with E-state index in [4.69, 9.17) is 0 Å². The molecule has 3 heterocycles. The van der Waals surface area contributed by atoms with Gasteiger partial charge >= 0.3 is 0 Å². The van der Waals surface area contributed by atoms with Gasteiger partial charge in [0.2, 0.25) is 5.52 Å². The van der Waals surface area contributed by atoms with E-state index in [9.17, 15) is 0 Å². The number of pyridine rings is 2. The lowest BCUT2D eigenvalue weighted by Crippen LogP contribution is -2.48. The fourth-order valence-corrected chi connectivity index (χ4v) is 10.3. The van der Waals surface area contributed by atoms with Gasteiger partial charge < -0.3 is 4.40 Å². The minimum atomic E-state index is 0.268. The molecule has 4 aliphatic rings. The molecule has 3 aromatic carbocycles. The maximum absolute atomic E-state index is 2.66. The molecule has 0 unspecified atom stereocenters. The van der Waals surface area contributed by atoms with Gasteiger partial charge in [-0.2, -0.15) is 0 Å². The summed E-state index contributed by atoms with van der Waals surface area (Å²) in [7, 11) is 2.24. The van der Waals surface area contributed by atoms with Crippen molar-refractivity contribution in [2.45, 2.75) is 78.1 Å². The average molecular weight is 526 g/mol. The van der Waals surface area contributed by atoms with Gasteiger partial charge in [-0.3, -0.25) is 0 Å². The number of aromatic nitrogens is 2. The number of aryl methyl sites for hydroxylation is 2. The highest BCUT2D eigenvalue weighted by molar-refractivity contribution is 6.25. The van der Waals surface area contributed by atoms with Gasteiger partial charge in [0.15, 0.2) is 6.20 Å². The Morgan fingerprint density at radius 3 is 2.25 bits per heavy atom. The molecule has 0 saturated heterocycles. The number of nitrogens with zero attached hydrogens (tertiary/aromatic N) is 2. The summed E-state index contributed by atoms with van der Waals surface area (Å²) in [5.41, 5.74) is 10.7. The lowest BCUT2D eigenvalue weighted by molar-refractivity contribution is -0.643. The summed E-state index contributed by atoms with van der Waals surface area (Å²) in [6.07, 6.45) is 12.1. The van der Waals surface area contributed by atoms with Crippen LogP contribution < -0.4 is 4.57 Å². The molecule has 2 heteroatoms. The molecule has 4 fully saturated rings. The second kappa shape index (κ2) is 7.58. The predicted octanol–water partition coefficient (Wildman–Crippen LogP) is 9.18. The average Bonchev–Trinajstić information content (AvgIpc) is 3.21. The minimum absolute atomic E-state index is 0.268. The number of hydrogen-bond acceptors (Lipinski definition) is 0. The summed E-state index contributed by atoms with van der Waals surface area (Å²) in [6.45, 7) is 9.34. The quantitative estimate of drug-likeness (QED) is 0.121. The van der Waals surface area contributed by atoms with Crippen molar-refractivity contribution in [1.29, 1.82) is 0 Å². The van der Waals surface area contributed by atoms with Crippen LogP contribution in [0.15, 0.2) is 54.7 Å². The molecule has 4 aliphatic carbocycles. The molecule has 40 heavy (non-hydrogen) atoms. The van der Waals surface area contributed by atoms with Crippen LogP contribution >= 0.6 is 0 Å². The first kappa shape index (κ1) is 23.6. The van der Waals surface area contributed by atoms with Crippen LogP contribution in [0.2, 0.25) is 0 Å². The van der Waals surface area contributed by atoms with Crippen LogP contribution in [0.25, 0.3) is 49.0 Å². The van der Waals surface area contributed by atoms with E-state index < -0.39 is 0 Å². The maximum atomic E-state index is 2.66. The van der Waals surface area contributed by atoms with Gasteiger partial charge in [0.25, 0.3) is 0 Å². The Balaban J connectivity index is 1.43. The van der Waals surface area contributed by atoms with Crippen LogP contribution in [0, 0.1) is 30.1 Å². The largest absolute Gasteiger partial charge is 0.307 e. The summed E-state index contributed by atoms with van der Waals surface area (Å²) in [4.78, 5) is 0. The summed E-state index contributed by atoms with van der Waals surface area (Å²) < 4.78 is 5.04. The smallest absolute Gasteiger partial charge is 0.224 e. The third kappa shape index (κ3) is 3.09. The molecule has 0 spiro atoms. The zero-order valence-electron chi connectivity index (χ0n) is 24.8. The van der Waals surface area contributed by atoms with Gasteiger partial charge in [-0.25, -0.2) is 4.57 Å². The fraction of sp³-hybridized carbons (Fsp3) is 0.447. The van der Waals surface area contributed by atoms with Crippen LogP contribution in [-0.4, -0.2) is 4.40 Å². The highest BCUT2D eigenvalue weighted by Crippen LogP contribution is 2.61. The van der Waals surface area contributed by atoms with Crippen molar-refractivity contribution in [3.8, 4) is 0 Å². The Kier molecular flexibility index (Phi) is 4.46. The van der Waals surface area contributed by atoms with Gasteiger partial charge in [-0.1, -0.05) is 39.0 Å². The van der Waals surface area contributed by atoms with Crippen molar-refractivity contribution < 1.29 is 4.57 Å². The summed E-state index contributed by atoms with van der Waals surface area (Å²) in [5.74, 6) is 2.85. The molecule has 202 valence electrons. The molecule has 0 N–H and O–H groups in total. The molecule has 3 aromatic heterocycles. The first-order chi connectivity index (χ1) is 19.2. The van der Waals surface area contributed by atoms with Crippen LogP contribution in [-0.2, 0) is 18.9 Å². The van der Waals surface area contributed by atoms with E-state index in [0.717, 1.165) is 24.2 Å². The fourth-order valence-electron chi connectivity index (χ4n) is 10.3. The van der Waals surface area contributed by atoms with Crippen molar-refractivity contribution in [3.63, 3.8) is 0 Å². The van der Waals surface area contributed by atoms with Crippen LogP contribution in [0.1, 0.15) is 76.0 Å². The van der Waals surface area contributed by atoms with Crippen LogP contribution in [0.4, 0.5) is 0 Å². The van der Waals surface area contributed by atoms with Gasteiger partial charge in [0.05, 0.1) is 27.3 Å². The van der Waals surface area contributed by atoms with E-state index in [0.29, 0.717) is 5.41 Å². The lowest BCUT2D eigenvalue weighted by atomic mass is 9.48. The summed E-state index contributed by atoms with van der Waals surface area (Å²) in [6, 6.07) is 19.7. The Hall–Kier alpha value is -3.13. The zero-order chi connectivity index (χ0) is 27.1. The molecule has 6 aromatic rings. The van der Waals surface area contributed by atoms with Crippen molar-refractivity contribution >= 4 is 49.0 Å². The lowest BCUT2D eigenvalue weighted by Gasteiger charge is -2.57. The first-order valence-electron chi connectivity index (χ1n) is 15.7. The molecule has 4 saturated carbocycles. The van der Waals surface area contributed by atoms with Crippen LogP contribution in [0.3, 0.4) is 0 Å². The standard InChI is InChI=1S/C38H41N2/c1-22-6-8-29-30-15-23(18-37(2,3)4)7-9-31(30)40-32-17-28(38-19-24-12-25(20-38)14-26(13-24)21-38)16-27-10-11-39(5)36(34(27)32)33(22)35(29)40/h6-11,15-17,24-26H,12-14,18-21H2,1-5H3/q+1. The van der Waals surface area contributed by atoms with E-state index in [1.807, 2.05) is 0 Å². The Morgan fingerprint density at radius 2 is 1.55 bits per heavy atom. The van der Waals surface area contributed by atoms with Gasteiger partial charge in [0, 0.05) is 16.8 Å². The molecule has 0 radical (unpaired) electrons. The van der Waals surface area contributed by atoms with Gasteiger partial charge in [0.1, 0.15) is 7.05 Å². The van der Waals surface area contributed by atoms with E-state index in [1.165, 1.54) is 98.6 Å². The molecule has 4 bridgehead atoms. The second-order valence-electron chi connectivity index (χ2n) is 15.5. The molecule has 0 atom stereocenters. The highest BCUT2D eigenvalue weighted by atomic mass is 15.0. The number of benzene rings is 3. The Labute approximate surface area is 237 Å². The van der Waals surface area contributed by atoms with Crippen molar-refractivity contribution in [3.05, 3.63) is 71.4 Å². The highest BCUT2D eigenvalue weighted by Gasteiger charge is 2.51. The first-order valence-corrected chi connectivity index (χ1v) is 15.7. The van der Waals surface area contributed by atoms with E-state index >= 15 is 0 Å². The van der Waals surface area contributed by atoms with Crippen molar-refractivity contribution in [1.82, 2.24) is 4.40 Å². The molecule has 0 aliphatic heterocycles. The molecular weight excluding hydrogens is 484 g/mol.